The number of methoxy groups -OCH3 is 1. The Bertz CT molecular complexity index is 1000. The number of amides is 1. The summed E-state index contributed by atoms with van der Waals surface area (Å²) in [6, 6.07) is 16.9. The summed E-state index contributed by atoms with van der Waals surface area (Å²) in [7, 11) is 1.65. The minimum absolute atomic E-state index is 0.270. The number of carbonyl (C=O) groups is 1. The summed E-state index contributed by atoms with van der Waals surface area (Å²) in [5, 5.41) is 4.12. The molecule has 0 fully saturated rings. The molecule has 0 saturated heterocycles. The van der Waals surface area contributed by atoms with Gasteiger partial charge in [-0.05, 0) is 75.4 Å². The van der Waals surface area contributed by atoms with Crippen LogP contribution in [0.1, 0.15) is 34.2 Å². The zero-order valence-corrected chi connectivity index (χ0v) is 17.1. The Labute approximate surface area is 170 Å². The summed E-state index contributed by atoms with van der Waals surface area (Å²) in [5.74, 6) is 1.28. The first-order valence-corrected chi connectivity index (χ1v) is 9.43. The first-order valence-electron chi connectivity index (χ1n) is 9.43. The van der Waals surface area contributed by atoms with E-state index in [2.05, 4.69) is 15.1 Å². The second kappa shape index (κ2) is 9.10. The van der Waals surface area contributed by atoms with Gasteiger partial charge in [0.2, 0.25) is 0 Å². The van der Waals surface area contributed by atoms with Crippen molar-refractivity contribution in [1.82, 2.24) is 9.99 Å². The predicted molar refractivity (Wildman–Crippen MR) is 114 cm³/mol. The van der Waals surface area contributed by atoms with Gasteiger partial charge in [0.15, 0.2) is 0 Å². The molecule has 2 aromatic carbocycles. The molecule has 150 valence electrons. The molecule has 1 aromatic heterocycles. The lowest BCUT2D eigenvalue weighted by Crippen LogP contribution is -2.17. The normalized spacial score (nSPS) is 10.9. The highest BCUT2D eigenvalue weighted by molar-refractivity contribution is 5.95. The molecule has 0 unspecified atom stereocenters. The molecular formula is C23H25N3O3. The van der Waals surface area contributed by atoms with Crippen LogP contribution in [0.2, 0.25) is 0 Å². The third-order valence-electron chi connectivity index (χ3n) is 4.60. The highest BCUT2D eigenvalue weighted by Crippen LogP contribution is 2.22. The summed E-state index contributed by atoms with van der Waals surface area (Å²) < 4.78 is 12.7. The van der Waals surface area contributed by atoms with Crippen LogP contribution in [0.5, 0.6) is 11.5 Å². The van der Waals surface area contributed by atoms with E-state index in [0.29, 0.717) is 12.2 Å². The van der Waals surface area contributed by atoms with Crippen LogP contribution in [0.25, 0.3) is 5.69 Å². The van der Waals surface area contributed by atoms with Crippen molar-refractivity contribution in [2.75, 3.05) is 13.7 Å². The first-order chi connectivity index (χ1) is 14.0. The first kappa shape index (κ1) is 20.2. The van der Waals surface area contributed by atoms with Gasteiger partial charge in [0.05, 0.1) is 19.9 Å². The number of nitrogens with one attached hydrogen (secondary N) is 1. The van der Waals surface area contributed by atoms with Crippen LogP contribution in [0.4, 0.5) is 0 Å². The molecular weight excluding hydrogens is 366 g/mol. The third-order valence-corrected chi connectivity index (χ3v) is 4.60. The SMILES string of the molecule is CCOc1ccc(C(=O)N/N=C\c2cc(C)n(-c3ccc(OC)cc3)c2C)cc1. The Balaban J connectivity index is 1.71. The largest absolute Gasteiger partial charge is 0.497 e. The van der Waals surface area contributed by atoms with Crippen LogP contribution in [0, 0.1) is 13.8 Å². The molecule has 1 heterocycles. The van der Waals surface area contributed by atoms with Crippen molar-refractivity contribution in [3.8, 4) is 17.2 Å². The topological polar surface area (TPSA) is 64.8 Å². The summed E-state index contributed by atoms with van der Waals surface area (Å²) in [4.78, 5) is 12.3. The van der Waals surface area contributed by atoms with E-state index in [0.717, 1.165) is 34.1 Å². The summed E-state index contributed by atoms with van der Waals surface area (Å²) >= 11 is 0. The van der Waals surface area contributed by atoms with Gasteiger partial charge in [-0.1, -0.05) is 0 Å². The Morgan fingerprint density at radius 3 is 2.34 bits per heavy atom. The van der Waals surface area contributed by atoms with Crippen LogP contribution in [-0.4, -0.2) is 30.4 Å². The van der Waals surface area contributed by atoms with Crippen molar-refractivity contribution in [3.63, 3.8) is 0 Å². The fourth-order valence-electron chi connectivity index (χ4n) is 3.14. The Morgan fingerprint density at radius 2 is 1.72 bits per heavy atom. The van der Waals surface area contributed by atoms with Gasteiger partial charge in [0.25, 0.3) is 5.91 Å². The lowest BCUT2D eigenvalue weighted by atomic mass is 10.2. The van der Waals surface area contributed by atoms with Crippen LogP contribution < -0.4 is 14.9 Å². The van der Waals surface area contributed by atoms with Gasteiger partial charge in [-0.3, -0.25) is 4.79 Å². The van der Waals surface area contributed by atoms with Gasteiger partial charge in [-0.15, -0.1) is 0 Å². The van der Waals surface area contributed by atoms with Crippen molar-refractivity contribution < 1.29 is 14.3 Å². The van der Waals surface area contributed by atoms with Crippen molar-refractivity contribution in [2.45, 2.75) is 20.8 Å². The third kappa shape index (κ3) is 4.66. The fraction of sp³-hybridized carbons (Fsp3) is 0.217. The second-order valence-electron chi connectivity index (χ2n) is 6.52. The number of hydrogen-bond donors (Lipinski definition) is 1. The van der Waals surface area contributed by atoms with E-state index in [1.165, 1.54) is 0 Å². The van der Waals surface area contributed by atoms with E-state index in [1.807, 2.05) is 51.1 Å². The Morgan fingerprint density at radius 1 is 1.07 bits per heavy atom. The van der Waals surface area contributed by atoms with Crippen LogP contribution in [-0.2, 0) is 0 Å². The molecule has 3 rings (SSSR count). The summed E-state index contributed by atoms with van der Waals surface area (Å²) in [6.45, 7) is 6.56. The molecule has 6 nitrogen and oxygen atoms in total. The Kier molecular flexibility index (Phi) is 6.34. The van der Waals surface area contributed by atoms with Gasteiger partial charge < -0.3 is 14.0 Å². The number of rotatable bonds is 7. The fourth-order valence-corrected chi connectivity index (χ4v) is 3.14. The quantitative estimate of drug-likeness (QED) is 0.483. The summed E-state index contributed by atoms with van der Waals surface area (Å²) in [5.41, 5.74) is 7.18. The maximum atomic E-state index is 12.3. The molecule has 0 aliphatic rings. The van der Waals surface area contributed by atoms with E-state index < -0.39 is 0 Å². The number of ether oxygens (including phenoxy) is 2. The molecule has 0 bridgehead atoms. The molecule has 0 spiro atoms. The molecule has 1 N–H and O–H groups in total. The lowest BCUT2D eigenvalue weighted by molar-refractivity contribution is 0.0955. The molecule has 1 amide bonds. The van der Waals surface area contributed by atoms with Gasteiger partial charge in [0.1, 0.15) is 11.5 Å². The van der Waals surface area contributed by atoms with E-state index >= 15 is 0 Å². The predicted octanol–water partition coefficient (Wildman–Crippen LogP) is 4.27. The van der Waals surface area contributed by atoms with Crippen LogP contribution in [0.3, 0.4) is 0 Å². The smallest absolute Gasteiger partial charge is 0.271 e. The standard InChI is InChI=1S/C23H25N3O3/c1-5-29-22-10-6-18(7-11-22)23(27)25-24-15-19-14-16(2)26(17(19)3)20-8-12-21(28-4)13-9-20/h6-15H,5H2,1-4H3,(H,25,27)/b24-15-. The van der Waals surface area contributed by atoms with Crippen molar-refractivity contribution in [2.24, 2.45) is 5.10 Å². The second-order valence-corrected chi connectivity index (χ2v) is 6.52. The van der Waals surface area contributed by atoms with Gasteiger partial charge in [-0.2, -0.15) is 5.10 Å². The highest BCUT2D eigenvalue weighted by Gasteiger charge is 2.10. The number of aryl methyl sites for hydroxylation is 1. The minimum atomic E-state index is -0.270. The lowest BCUT2D eigenvalue weighted by Gasteiger charge is -2.10. The number of nitrogens with zero attached hydrogens (tertiary/aromatic N) is 2. The van der Waals surface area contributed by atoms with E-state index in [1.54, 1.807) is 37.6 Å². The molecule has 29 heavy (non-hydrogen) atoms. The van der Waals surface area contributed by atoms with E-state index in [9.17, 15) is 4.79 Å². The molecule has 3 aromatic rings. The van der Waals surface area contributed by atoms with Crippen LogP contribution >= 0.6 is 0 Å². The van der Waals surface area contributed by atoms with Gasteiger partial charge >= 0.3 is 0 Å². The average molecular weight is 391 g/mol. The zero-order chi connectivity index (χ0) is 20.8. The average Bonchev–Trinajstić information content (AvgIpc) is 3.02. The number of benzene rings is 2. The number of aromatic nitrogens is 1. The summed E-state index contributed by atoms with van der Waals surface area (Å²) in [6.07, 6.45) is 1.66. The maximum Gasteiger partial charge on any atom is 0.271 e. The van der Waals surface area contributed by atoms with Crippen molar-refractivity contribution in [1.29, 1.82) is 0 Å². The van der Waals surface area contributed by atoms with E-state index in [4.69, 9.17) is 9.47 Å². The van der Waals surface area contributed by atoms with E-state index in [-0.39, 0.29) is 5.91 Å². The molecule has 0 radical (unpaired) electrons. The maximum absolute atomic E-state index is 12.3. The Hall–Kier alpha value is -3.54. The molecule has 6 heteroatoms. The monoisotopic (exact) mass is 391 g/mol. The molecule has 0 aliphatic carbocycles. The number of hydrogen-bond acceptors (Lipinski definition) is 4. The van der Waals surface area contributed by atoms with Crippen molar-refractivity contribution in [3.05, 3.63) is 77.1 Å². The van der Waals surface area contributed by atoms with Gasteiger partial charge in [0, 0.05) is 28.2 Å². The number of hydrazone groups is 1. The zero-order valence-electron chi connectivity index (χ0n) is 17.1. The molecule has 0 atom stereocenters. The minimum Gasteiger partial charge on any atom is -0.497 e. The van der Waals surface area contributed by atoms with Crippen LogP contribution in [0.15, 0.2) is 59.7 Å². The van der Waals surface area contributed by atoms with Crippen molar-refractivity contribution >= 4 is 12.1 Å². The molecule has 0 saturated carbocycles. The molecule has 0 aliphatic heterocycles. The number of carbonyl (C=O) groups excluding carboxylic acids is 1. The highest BCUT2D eigenvalue weighted by atomic mass is 16.5. The van der Waals surface area contributed by atoms with Gasteiger partial charge in [-0.25, -0.2) is 5.43 Å².